The van der Waals surface area contributed by atoms with Gasteiger partial charge in [-0.3, -0.25) is 4.90 Å². The normalized spacial score (nSPS) is 11.1. The largest absolute Gasteiger partial charge is 0.444 e. The van der Waals surface area contributed by atoms with Gasteiger partial charge in [0.15, 0.2) is 6.29 Å². The Morgan fingerprint density at radius 2 is 1.88 bits per heavy atom. The van der Waals surface area contributed by atoms with Crippen molar-refractivity contribution >= 4 is 6.09 Å². The zero-order valence-corrected chi connectivity index (χ0v) is 11.1. The SMILES string of the molecule is C#CCN(CC(OC)OC)C(=O)OC(C)(C)C. The van der Waals surface area contributed by atoms with Gasteiger partial charge < -0.3 is 14.2 Å². The summed E-state index contributed by atoms with van der Waals surface area (Å²) in [5.74, 6) is 2.40. The molecule has 0 aliphatic heterocycles. The quantitative estimate of drug-likeness (QED) is 0.542. The van der Waals surface area contributed by atoms with Crippen molar-refractivity contribution in [3.05, 3.63) is 0 Å². The number of hydrogen-bond donors (Lipinski definition) is 0. The monoisotopic (exact) mass is 243 g/mol. The summed E-state index contributed by atoms with van der Waals surface area (Å²) in [6.45, 7) is 5.76. The smallest absolute Gasteiger partial charge is 0.411 e. The van der Waals surface area contributed by atoms with Crippen LogP contribution in [-0.4, -0.2) is 50.2 Å². The Morgan fingerprint density at radius 1 is 1.35 bits per heavy atom. The number of amides is 1. The summed E-state index contributed by atoms with van der Waals surface area (Å²) in [5.41, 5.74) is -0.556. The molecule has 0 aliphatic rings. The van der Waals surface area contributed by atoms with Gasteiger partial charge in [-0.25, -0.2) is 4.79 Å². The van der Waals surface area contributed by atoms with E-state index in [1.165, 1.54) is 19.1 Å². The Balaban J connectivity index is 4.52. The van der Waals surface area contributed by atoms with Crippen molar-refractivity contribution in [2.75, 3.05) is 27.3 Å². The molecule has 0 aromatic rings. The number of methoxy groups -OCH3 is 2. The number of ether oxygens (including phenoxy) is 3. The standard InChI is InChI=1S/C12H21NO4/c1-7-8-13(9-10(15-5)16-6)11(14)17-12(2,3)4/h1,10H,8-9H2,2-6H3. The van der Waals surface area contributed by atoms with Crippen LogP contribution in [0.25, 0.3) is 0 Å². The third-order valence-electron chi connectivity index (χ3n) is 1.83. The Hall–Kier alpha value is -1.25. The summed E-state index contributed by atoms with van der Waals surface area (Å²) in [4.78, 5) is 13.2. The highest BCUT2D eigenvalue weighted by Crippen LogP contribution is 2.10. The van der Waals surface area contributed by atoms with E-state index in [-0.39, 0.29) is 13.1 Å². The minimum Gasteiger partial charge on any atom is -0.444 e. The van der Waals surface area contributed by atoms with E-state index in [9.17, 15) is 4.79 Å². The van der Waals surface area contributed by atoms with Crippen molar-refractivity contribution in [3.8, 4) is 12.3 Å². The predicted molar refractivity (Wildman–Crippen MR) is 64.4 cm³/mol. The van der Waals surface area contributed by atoms with E-state index in [4.69, 9.17) is 20.6 Å². The minimum absolute atomic E-state index is 0.151. The van der Waals surface area contributed by atoms with Crippen molar-refractivity contribution in [1.82, 2.24) is 4.90 Å². The van der Waals surface area contributed by atoms with Crippen molar-refractivity contribution in [3.63, 3.8) is 0 Å². The lowest BCUT2D eigenvalue weighted by molar-refractivity contribution is -0.114. The fourth-order valence-corrected chi connectivity index (χ4v) is 1.07. The maximum Gasteiger partial charge on any atom is 0.411 e. The molecule has 0 N–H and O–H groups in total. The van der Waals surface area contributed by atoms with Crippen LogP contribution in [0.4, 0.5) is 4.79 Å². The van der Waals surface area contributed by atoms with E-state index in [0.717, 1.165) is 0 Å². The third kappa shape index (κ3) is 6.82. The molecule has 5 nitrogen and oxygen atoms in total. The lowest BCUT2D eigenvalue weighted by Crippen LogP contribution is -2.42. The van der Waals surface area contributed by atoms with Gasteiger partial charge in [0.2, 0.25) is 0 Å². The molecule has 0 aromatic carbocycles. The van der Waals surface area contributed by atoms with Crippen LogP contribution >= 0.6 is 0 Å². The van der Waals surface area contributed by atoms with Crippen molar-refractivity contribution in [1.29, 1.82) is 0 Å². The highest BCUT2D eigenvalue weighted by molar-refractivity contribution is 5.68. The molecule has 5 heteroatoms. The minimum atomic E-state index is -0.556. The second-order valence-electron chi connectivity index (χ2n) is 4.47. The van der Waals surface area contributed by atoms with Gasteiger partial charge in [-0.2, -0.15) is 0 Å². The molecule has 0 aromatic heterocycles. The molecule has 0 aliphatic carbocycles. The molecular formula is C12H21NO4. The first-order valence-electron chi connectivity index (χ1n) is 5.31. The third-order valence-corrected chi connectivity index (χ3v) is 1.83. The molecule has 98 valence electrons. The molecule has 1 amide bonds. The van der Waals surface area contributed by atoms with E-state index in [0.29, 0.717) is 0 Å². The highest BCUT2D eigenvalue weighted by Gasteiger charge is 2.23. The molecule has 0 radical (unpaired) electrons. The van der Waals surface area contributed by atoms with E-state index >= 15 is 0 Å². The fourth-order valence-electron chi connectivity index (χ4n) is 1.07. The maximum absolute atomic E-state index is 11.8. The van der Waals surface area contributed by atoms with E-state index in [1.807, 2.05) is 0 Å². The van der Waals surface area contributed by atoms with E-state index in [1.54, 1.807) is 20.8 Å². The molecular weight excluding hydrogens is 222 g/mol. The summed E-state index contributed by atoms with van der Waals surface area (Å²) >= 11 is 0. The molecule has 0 heterocycles. The summed E-state index contributed by atoms with van der Waals surface area (Å²) < 4.78 is 15.3. The van der Waals surface area contributed by atoms with Crippen LogP contribution in [0.5, 0.6) is 0 Å². The molecule has 0 saturated carbocycles. The van der Waals surface area contributed by atoms with Crippen LogP contribution in [0.3, 0.4) is 0 Å². The Bertz CT molecular complexity index is 273. The summed E-state index contributed by atoms with van der Waals surface area (Å²) in [5, 5.41) is 0. The molecule has 0 fully saturated rings. The average molecular weight is 243 g/mol. The van der Waals surface area contributed by atoms with Gasteiger partial charge in [-0.1, -0.05) is 5.92 Å². The number of carbonyl (C=O) groups is 1. The average Bonchev–Trinajstić information content (AvgIpc) is 2.21. The van der Waals surface area contributed by atoms with Crippen LogP contribution in [0.15, 0.2) is 0 Å². The van der Waals surface area contributed by atoms with Gasteiger partial charge in [-0.05, 0) is 20.8 Å². The zero-order chi connectivity index (χ0) is 13.5. The van der Waals surface area contributed by atoms with E-state index < -0.39 is 18.0 Å². The molecule has 0 atom stereocenters. The van der Waals surface area contributed by atoms with Gasteiger partial charge >= 0.3 is 6.09 Å². The number of rotatable bonds is 5. The van der Waals surface area contributed by atoms with Gasteiger partial charge in [0.1, 0.15) is 5.60 Å². The first-order valence-corrected chi connectivity index (χ1v) is 5.31. The van der Waals surface area contributed by atoms with Crippen LogP contribution in [0, 0.1) is 12.3 Å². The molecule has 17 heavy (non-hydrogen) atoms. The number of terminal acetylenes is 1. The van der Waals surface area contributed by atoms with Gasteiger partial charge in [0.25, 0.3) is 0 Å². The van der Waals surface area contributed by atoms with Crippen molar-refractivity contribution < 1.29 is 19.0 Å². The second-order valence-corrected chi connectivity index (χ2v) is 4.47. The van der Waals surface area contributed by atoms with Crippen LogP contribution in [-0.2, 0) is 14.2 Å². The predicted octanol–water partition coefficient (Wildman–Crippen LogP) is 1.48. The molecule has 0 rings (SSSR count). The van der Waals surface area contributed by atoms with Crippen molar-refractivity contribution in [2.24, 2.45) is 0 Å². The topological polar surface area (TPSA) is 48.0 Å². The zero-order valence-electron chi connectivity index (χ0n) is 11.1. The summed E-state index contributed by atoms with van der Waals surface area (Å²) in [6, 6.07) is 0. The lowest BCUT2D eigenvalue weighted by atomic mass is 10.2. The summed E-state index contributed by atoms with van der Waals surface area (Å²) in [6.07, 6.45) is 4.21. The maximum atomic E-state index is 11.8. The van der Waals surface area contributed by atoms with Gasteiger partial charge in [0.05, 0.1) is 13.1 Å². The lowest BCUT2D eigenvalue weighted by Gasteiger charge is -2.28. The van der Waals surface area contributed by atoms with Crippen LogP contribution in [0.2, 0.25) is 0 Å². The second kappa shape index (κ2) is 7.15. The van der Waals surface area contributed by atoms with Crippen LogP contribution < -0.4 is 0 Å². The Labute approximate surface area is 103 Å². The Kier molecular flexibility index (Phi) is 6.62. The van der Waals surface area contributed by atoms with Gasteiger partial charge in [0, 0.05) is 14.2 Å². The first-order chi connectivity index (χ1) is 7.84. The number of hydrogen-bond acceptors (Lipinski definition) is 4. The molecule has 0 saturated heterocycles. The van der Waals surface area contributed by atoms with Gasteiger partial charge in [-0.15, -0.1) is 6.42 Å². The first kappa shape index (κ1) is 15.8. The summed E-state index contributed by atoms with van der Waals surface area (Å²) in [7, 11) is 2.99. The Morgan fingerprint density at radius 3 is 2.24 bits per heavy atom. The number of nitrogens with zero attached hydrogens (tertiary/aromatic N) is 1. The fraction of sp³-hybridized carbons (Fsp3) is 0.750. The molecule has 0 unspecified atom stereocenters. The number of carbonyl (C=O) groups excluding carboxylic acids is 1. The van der Waals surface area contributed by atoms with Crippen molar-refractivity contribution in [2.45, 2.75) is 32.7 Å². The highest BCUT2D eigenvalue weighted by atomic mass is 16.7. The van der Waals surface area contributed by atoms with Crippen LogP contribution in [0.1, 0.15) is 20.8 Å². The molecule has 0 bridgehead atoms. The van der Waals surface area contributed by atoms with E-state index in [2.05, 4.69) is 5.92 Å². The molecule has 0 spiro atoms.